The molecule has 8 heteroatoms. The standard InChI is InChI=1S/C23H27ClN2O4S/c1-3-4-10-19(31(28,29)30)16-26-14-13-22(27)25(2)21-12-11-18(24)15-20(21)23(26)17-8-6-5-7-9-17/h5-9,11-12,15,19H,3-4,10,13-14,16H2,1-2H3/p+1. The highest BCUT2D eigenvalue weighted by molar-refractivity contribution is 7.86. The van der Waals surface area contributed by atoms with Gasteiger partial charge in [0.25, 0.3) is 10.1 Å². The van der Waals surface area contributed by atoms with Crippen molar-refractivity contribution in [2.24, 2.45) is 0 Å². The largest absolute Gasteiger partial charge is 0.314 e. The molecule has 0 saturated carbocycles. The zero-order valence-electron chi connectivity index (χ0n) is 17.8. The molecule has 1 aliphatic rings. The fraction of sp³-hybridized carbons (Fsp3) is 0.391. The van der Waals surface area contributed by atoms with Gasteiger partial charge in [-0.3, -0.25) is 9.35 Å². The summed E-state index contributed by atoms with van der Waals surface area (Å²) in [6, 6.07) is 15.0. The normalized spacial score (nSPS) is 16.0. The van der Waals surface area contributed by atoms with Crippen LogP contribution in [0.15, 0.2) is 48.5 Å². The van der Waals surface area contributed by atoms with Gasteiger partial charge in [0.2, 0.25) is 11.6 Å². The number of amides is 1. The third kappa shape index (κ3) is 5.53. The number of halogens is 1. The van der Waals surface area contributed by atoms with Crippen LogP contribution in [0.4, 0.5) is 5.69 Å². The molecule has 166 valence electrons. The van der Waals surface area contributed by atoms with Crippen LogP contribution in [0, 0.1) is 0 Å². The van der Waals surface area contributed by atoms with Gasteiger partial charge < -0.3 is 4.90 Å². The van der Waals surface area contributed by atoms with Gasteiger partial charge in [0.15, 0.2) is 13.1 Å². The fourth-order valence-corrected chi connectivity index (χ4v) is 4.94. The number of unbranched alkanes of at least 4 members (excludes halogenated alkanes) is 1. The highest BCUT2D eigenvalue weighted by Crippen LogP contribution is 2.29. The molecule has 2 aromatic rings. The van der Waals surface area contributed by atoms with E-state index >= 15 is 0 Å². The van der Waals surface area contributed by atoms with Gasteiger partial charge in [-0.1, -0.05) is 49.6 Å². The minimum Gasteiger partial charge on any atom is -0.314 e. The maximum absolute atomic E-state index is 12.7. The SMILES string of the molecule is CCCCC(C[N+]1=C(c2ccccc2)c2cc(Cl)ccc2N(C)C(=O)CC1)S(=O)(=O)O. The van der Waals surface area contributed by atoms with E-state index in [1.165, 1.54) is 0 Å². The number of nitrogens with zero attached hydrogens (tertiary/aromatic N) is 2. The van der Waals surface area contributed by atoms with Crippen LogP contribution in [0.5, 0.6) is 0 Å². The first kappa shape index (κ1) is 23.4. The first-order chi connectivity index (χ1) is 14.7. The van der Waals surface area contributed by atoms with Crippen molar-refractivity contribution in [2.75, 3.05) is 25.0 Å². The summed E-state index contributed by atoms with van der Waals surface area (Å²) in [5.41, 5.74) is 3.13. The maximum Gasteiger partial charge on any atom is 0.274 e. The van der Waals surface area contributed by atoms with E-state index in [0.717, 1.165) is 23.3 Å². The van der Waals surface area contributed by atoms with Crippen molar-refractivity contribution in [1.29, 1.82) is 0 Å². The average molecular weight is 464 g/mol. The number of rotatable bonds is 7. The number of hydrogen-bond acceptors (Lipinski definition) is 3. The van der Waals surface area contributed by atoms with Crippen LogP contribution < -0.4 is 4.90 Å². The van der Waals surface area contributed by atoms with Crippen LogP contribution >= 0.6 is 11.6 Å². The molecule has 6 nitrogen and oxygen atoms in total. The Bertz CT molecular complexity index is 1080. The summed E-state index contributed by atoms with van der Waals surface area (Å²) >= 11 is 6.33. The van der Waals surface area contributed by atoms with Crippen LogP contribution in [0.3, 0.4) is 0 Å². The highest BCUT2D eigenvalue weighted by Gasteiger charge is 2.34. The predicted octanol–water partition coefficient (Wildman–Crippen LogP) is 4.00. The summed E-state index contributed by atoms with van der Waals surface area (Å²) in [5, 5.41) is -0.424. The van der Waals surface area contributed by atoms with E-state index < -0.39 is 15.4 Å². The number of fused-ring (bicyclic) bond motifs is 1. The van der Waals surface area contributed by atoms with Crippen LogP contribution in [-0.2, 0) is 14.9 Å². The molecule has 1 aliphatic heterocycles. The number of hydrogen-bond donors (Lipinski definition) is 1. The number of benzene rings is 2. The second kappa shape index (κ2) is 9.94. The van der Waals surface area contributed by atoms with Crippen molar-refractivity contribution in [3.63, 3.8) is 0 Å². The Morgan fingerprint density at radius 3 is 2.55 bits per heavy atom. The van der Waals surface area contributed by atoms with Crippen LogP contribution in [0.1, 0.15) is 43.7 Å². The second-order valence-corrected chi connectivity index (χ2v) is 9.94. The number of anilines is 1. The molecule has 0 bridgehead atoms. The van der Waals surface area contributed by atoms with Gasteiger partial charge >= 0.3 is 0 Å². The van der Waals surface area contributed by atoms with E-state index in [0.29, 0.717) is 30.1 Å². The summed E-state index contributed by atoms with van der Waals surface area (Å²) in [4.78, 5) is 14.4. The minimum absolute atomic E-state index is 0.0716. The average Bonchev–Trinajstić information content (AvgIpc) is 2.73. The predicted molar refractivity (Wildman–Crippen MR) is 124 cm³/mol. The van der Waals surface area contributed by atoms with Gasteiger partial charge in [-0.25, -0.2) is 4.58 Å². The Morgan fingerprint density at radius 2 is 1.90 bits per heavy atom. The first-order valence-electron chi connectivity index (χ1n) is 10.4. The Morgan fingerprint density at radius 1 is 1.19 bits per heavy atom. The highest BCUT2D eigenvalue weighted by atomic mass is 35.5. The summed E-state index contributed by atoms with van der Waals surface area (Å²) in [5.74, 6) is -0.0716. The van der Waals surface area contributed by atoms with Gasteiger partial charge in [-0.15, -0.1) is 0 Å². The van der Waals surface area contributed by atoms with Crippen molar-refractivity contribution in [1.82, 2.24) is 0 Å². The Kier molecular flexibility index (Phi) is 7.51. The van der Waals surface area contributed by atoms with Gasteiger partial charge in [0.05, 0.1) is 17.7 Å². The van der Waals surface area contributed by atoms with Crippen LogP contribution in [-0.4, -0.2) is 54.6 Å². The summed E-state index contributed by atoms with van der Waals surface area (Å²) in [6.07, 6.45) is 2.08. The van der Waals surface area contributed by atoms with E-state index in [9.17, 15) is 17.8 Å². The Labute approximate surface area is 188 Å². The topological polar surface area (TPSA) is 77.7 Å². The molecule has 1 atom stereocenters. The van der Waals surface area contributed by atoms with E-state index in [4.69, 9.17) is 11.6 Å². The molecule has 3 rings (SSSR count). The van der Waals surface area contributed by atoms with E-state index in [1.54, 1.807) is 30.1 Å². The molecule has 0 saturated heterocycles. The van der Waals surface area contributed by atoms with Crippen molar-refractivity contribution < 1.29 is 22.3 Å². The quantitative estimate of drug-likeness (QED) is 0.497. The van der Waals surface area contributed by atoms with Gasteiger partial charge in [-0.05, 0) is 36.8 Å². The summed E-state index contributed by atoms with van der Waals surface area (Å²) in [6.45, 7) is 2.40. The molecule has 1 unspecified atom stereocenters. The molecule has 0 aromatic heterocycles. The summed E-state index contributed by atoms with van der Waals surface area (Å²) < 4.78 is 36.1. The van der Waals surface area contributed by atoms with E-state index in [2.05, 4.69) is 0 Å². The lowest BCUT2D eigenvalue weighted by Crippen LogP contribution is -2.40. The lowest BCUT2D eigenvalue weighted by molar-refractivity contribution is -0.525. The Balaban J connectivity index is 2.26. The van der Waals surface area contributed by atoms with Crippen molar-refractivity contribution in [3.8, 4) is 0 Å². The summed E-state index contributed by atoms with van der Waals surface area (Å²) in [7, 11) is -2.52. The van der Waals surface area contributed by atoms with Crippen molar-refractivity contribution in [3.05, 3.63) is 64.7 Å². The smallest absolute Gasteiger partial charge is 0.274 e. The monoisotopic (exact) mass is 463 g/mol. The maximum atomic E-state index is 12.7. The molecule has 31 heavy (non-hydrogen) atoms. The lowest BCUT2D eigenvalue weighted by Gasteiger charge is -2.25. The molecule has 2 aromatic carbocycles. The third-order valence-corrected chi connectivity index (χ3v) is 7.10. The molecule has 1 N–H and O–H groups in total. The zero-order valence-corrected chi connectivity index (χ0v) is 19.4. The number of carbonyl (C=O) groups is 1. The van der Waals surface area contributed by atoms with Gasteiger partial charge in [0, 0.05) is 17.6 Å². The molecular formula is C23H28ClN2O4S+. The molecule has 0 radical (unpaired) electrons. The molecule has 0 spiro atoms. The Hall–Kier alpha value is -2.22. The van der Waals surface area contributed by atoms with Crippen molar-refractivity contribution in [2.45, 2.75) is 37.9 Å². The molecule has 0 fully saturated rings. The zero-order chi connectivity index (χ0) is 22.6. The van der Waals surface area contributed by atoms with Gasteiger partial charge in [0.1, 0.15) is 5.25 Å². The second-order valence-electron chi connectivity index (χ2n) is 7.80. The number of carbonyl (C=O) groups excluding carboxylic acids is 1. The van der Waals surface area contributed by atoms with Crippen LogP contribution in [0.2, 0.25) is 5.02 Å². The van der Waals surface area contributed by atoms with Gasteiger partial charge in [-0.2, -0.15) is 8.42 Å². The van der Waals surface area contributed by atoms with Crippen LogP contribution in [0.25, 0.3) is 0 Å². The van der Waals surface area contributed by atoms with E-state index in [1.807, 2.05) is 41.8 Å². The molecular weight excluding hydrogens is 436 g/mol. The molecule has 1 heterocycles. The molecule has 1 amide bonds. The fourth-order valence-electron chi connectivity index (χ4n) is 3.93. The molecule has 0 aliphatic carbocycles. The van der Waals surface area contributed by atoms with E-state index in [-0.39, 0.29) is 18.9 Å². The van der Waals surface area contributed by atoms with Crippen molar-refractivity contribution >= 4 is 39.0 Å². The minimum atomic E-state index is -4.25. The lowest BCUT2D eigenvalue weighted by atomic mass is 9.97. The first-order valence-corrected chi connectivity index (χ1v) is 12.3. The third-order valence-electron chi connectivity index (χ3n) is 5.63.